The van der Waals surface area contributed by atoms with Gasteiger partial charge < -0.3 is 45.4 Å². The van der Waals surface area contributed by atoms with Crippen LogP contribution in [0.4, 0.5) is 0 Å². The number of carbonyl (C=O) groups excluding carboxylic acids is 1. The van der Waals surface area contributed by atoms with E-state index in [0.29, 0.717) is 12.8 Å². The third-order valence-electron chi connectivity index (χ3n) is 13.2. The topological polar surface area (TPSA) is 169 Å². The molecule has 10 nitrogen and oxygen atoms in total. The largest absolute Gasteiger partial charge is 0.394 e. The van der Waals surface area contributed by atoms with Crippen LogP contribution in [-0.2, 0) is 14.3 Å². The first-order valence-electron chi connectivity index (χ1n) is 27.0. The minimum atomic E-state index is -1.53. The lowest BCUT2D eigenvalue weighted by Gasteiger charge is -2.39. The molecule has 1 rings (SSSR count). The molecular weight excluding hydrogens is 795 g/mol. The molecule has 1 aliphatic heterocycles. The number of ether oxygens (including phenoxy) is 2. The Morgan fingerprint density at radius 3 is 1.33 bits per heavy atom. The van der Waals surface area contributed by atoms with Crippen molar-refractivity contribution in [3.63, 3.8) is 0 Å². The fourth-order valence-electron chi connectivity index (χ4n) is 8.86. The second-order valence-corrected chi connectivity index (χ2v) is 19.1. The van der Waals surface area contributed by atoms with Crippen molar-refractivity contribution in [2.45, 2.75) is 300 Å². The average molecular weight is 898 g/mol. The van der Waals surface area contributed by atoms with E-state index in [1.54, 1.807) is 0 Å². The van der Waals surface area contributed by atoms with Gasteiger partial charge in [-0.25, -0.2) is 0 Å². The molecule has 0 aromatic rings. The summed E-state index contributed by atoms with van der Waals surface area (Å²) >= 11 is 0. The molecule has 1 aliphatic rings. The summed E-state index contributed by atoms with van der Waals surface area (Å²) in [7, 11) is 0. The minimum absolute atomic E-state index is 0.227. The van der Waals surface area contributed by atoms with Crippen molar-refractivity contribution in [3.8, 4) is 0 Å². The first kappa shape index (κ1) is 59.9. The second kappa shape index (κ2) is 43.5. The van der Waals surface area contributed by atoms with Crippen LogP contribution in [0, 0.1) is 0 Å². The summed E-state index contributed by atoms with van der Waals surface area (Å²) < 4.78 is 11.4. The highest BCUT2D eigenvalue weighted by molar-refractivity contribution is 5.76. The third kappa shape index (κ3) is 33.1. The highest BCUT2D eigenvalue weighted by Gasteiger charge is 2.42. The van der Waals surface area contributed by atoms with Gasteiger partial charge in [0.05, 0.1) is 18.8 Å². The summed E-state index contributed by atoms with van der Waals surface area (Å²) in [6.45, 7) is 5.84. The predicted molar refractivity (Wildman–Crippen MR) is 260 cm³/mol. The molecule has 1 fully saturated rings. The molecule has 374 valence electrons. The predicted octanol–water partition coefficient (Wildman–Crippen LogP) is 11.1. The van der Waals surface area contributed by atoms with Gasteiger partial charge in [0.25, 0.3) is 0 Å². The zero-order chi connectivity index (χ0) is 46.0. The van der Waals surface area contributed by atoms with Gasteiger partial charge in [0.15, 0.2) is 0 Å². The molecule has 1 heterocycles. The number of aliphatic hydroxyl groups is 6. The Morgan fingerprint density at radius 1 is 0.540 bits per heavy atom. The van der Waals surface area contributed by atoms with Crippen molar-refractivity contribution >= 4 is 5.91 Å². The summed E-state index contributed by atoms with van der Waals surface area (Å²) in [5, 5.41) is 65.6. The Hall–Kier alpha value is -1.11. The molecule has 2 unspecified atom stereocenters. The standard InChI is InChI=1S/C53H103NO9/c1-3-5-7-9-11-12-13-21-24-27-30-34-38-46(56)50(58)45(40-41-47-51(59)53(61)52(60)48(44-55)63-47)54-49(57)39-35-31-28-25-22-19-17-15-14-16-18-20-23-26-29-33-37-43-62-42-36-32-10-8-6-4-2/h40-41,45-48,50-53,55-56,58-61H,3-39,42-44H2,1-2H3,(H,54,57)/b41-40+/t45-,46+,47+,48?,50-,51+,52-,53?/m0/s1. The van der Waals surface area contributed by atoms with Gasteiger partial charge in [0, 0.05) is 19.6 Å². The van der Waals surface area contributed by atoms with Crippen molar-refractivity contribution in [1.29, 1.82) is 0 Å². The first-order chi connectivity index (χ1) is 30.8. The van der Waals surface area contributed by atoms with Gasteiger partial charge in [-0.05, 0) is 25.7 Å². The van der Waals surface area contributed by atoms with Crippen molar-refractivity contribution in [3.05, 3.63) is 12.2 Å². The second-order valence-electron chi connectivity index (χ2n) is 19.1. The zero-order valence-electron chi connectivity index (χ0n) is 41.0. The maximum atomic E-state index is 13.1. The summed E-state index contributed by atoms with van der Waals surface area (Å²) in [6, 6.07) is -0.947. The van der Waals surface area contributed by atoms with E-state index in [1.807, 2.05) is 0 Å². The van der Waals surface area contributed by atoms with E-state index in [1.165, 1.54) is 198 Å². The number of unbranched alkanes of at least 4 members (excludes halogenated alkanes) is 32. The fraction of sp³-hybridized carbons (Fsp3) is 0.943. The van der Waals surface area contributed by atoms with Gasteiger partial charge in [-0.2, -0.15) is 0 Å². The molecule has 0 aromatic heterocycles. The normalized spacial score (nSPS) is 20.7. The summed E-state index contributed by atoms with van der Waals surface area (Å²) in [4.78, 5) is 13.1. The Morgan fingerprint density at radius 2 is 0.921 bits per heavy atom. The van der Waals surface area contributed by atoms with Crippen molar-refractivity contribution in [2.24, 2.45) is 0 Å². The molecule has 0 bridgehead atoms. The van der Waals surface area contributed by atoms with E-state index in [0.717, 1.165) is 51.7 Å². The maximum Gasteiger partial charge on any atom is 0.220 e. The highest BCUT2D eigenvalue weighted by atomic mass is 16.5. The molecular formula is C53H103NO9. The van der Waals surface area contributed by atoms with E-state index >= 15 is 0 Å². The number of carbonyl (C=O) groups is 1. The summed E-state index contributed by atoms with van der Waals surface area (Å²) in [5.41, 5.74) is 0. The Kier molecular flexibility index (Phi) is 41.3. The fourth-order valence-corrected chi connectivity index (χ4v) is 8.86. The van der Waals surface area contributed by atoms with Crippen LogP contribution in [0.1, 0.15) is 251 Å². The van der Waals surface area contributed by atoms with Crippen LogP contribution in [0.25, 0.3) is 0 Å². The average Bonchev–Trinajstić information content (AvgIpc) is 3.28. The monoisotopic (exact) mass is 898 g/mol. The van der Waals surface area contributed by atoms with E-state index in [2.05, 4.69) is 19.2 Å². The van der Waals surface area contributed by atoms with E-state index in [9.17, 15) is 35.4 Å². The molecule has 8 atom stereocenters. The van der Waals surface area contributed by atoms with Crippen LogP contribution in [0.3, 0.4) is 0 Å². The Labute approximate surface area is 387 Å². The number of rotatable bonds is 46. The number of hydrogen-bond donors (Lipinski definition) is 7. The highest BCUT2D eigenvalue weighted by Crippen LogP contribution is 2.23. The number of nitrogens with one attached hydrogen (secondary N) is 1. The van der Waals surface area contributed by atoms with Crippen LogP contribution in [-0.4, -0.2) is 105 Å². The molecule has 0 spiro atoms. The van der Waals surface area contributed by atoms with Crippen LogP contribution in [0.5, 0.6) is 0 Å². The van der Waals surface area contributed by atoms with Gasteiger partial charge >= 0.3 is 0 Å². The van der Waals surface area contributed by atoms with Crippen LogP contribution >= 0.6 is 0 Å². The maximum absolute atomic E-state index is 13.1. The molecule has 0 aliphatic carbocycles. The number of hydrogen-bond acceptors (Lipinski definition) is 9. The minimum Gasteiger partial charge on any atom is -0.394 e. The first-order valence-corrected chi connectivity index (χ1v) is 27.0. The molecule has 63 heavy (non-hydrogen) atoms. The molecule has 1 saturated heterocycles. The summed E-state index contributed by atoms with van der Waals surface area (Å²) in [5.74, 6) is -0.227. The Balaban J connectivity index is 2.23. The van der Waals surface area contributed by atoms with Crippen LogP contribution in [0.15, 0.2) is 12.2 Å². The lowest BCUT2D eigenvalue weighted by molar-refractivity contribution is -0.216. The van der Waals surface area contributed by atoms with Gasteiger partial charge in [0.2, 0.25) is 5.91 Å². The van der Waals surface area contributed by atoms with Crippen molar-refractivity contribution in [2.75, 3.05) is 19.8 Å². The number of amides is 1. The molecule has 1 amide bonds. The zero-order valence-corrected chi connectivity index (χ0v) is 41.0. The van der Waals surface area contributed by atoms with Crippen LogP contribution in [0.2, 0.25) is 0 Å². The van der Waals surface area contributed by atoms with E-state index in [-0.39, 0.29) is 5.91 Å². The lowest BCUT2D eigenvalue weighted by atomic mass is 9.93. The smallest absolute Gasteiger partial charge is 0.220 e. The van der Waals surface area contributed by atoms with Crippen molar-refractivity contribution in [1.82, 2.24) is 5.32 Å². The van der Waals surface area contributed by atoms with Crippen molar-refractivity contribution < 1.29 is 44.9 Å². The molecule has 0 radical (unpaired) electrons. The van der Waals surface area contributed by atoms with Crippen LogP contribution < -0.4 is 5.32 Å². The molecule has 10 heteroatoms. The summed E-state index contributed by atoms with van der Waals surface area (Å²) in [6.07, 6.45) is 38.1. The van der Waals surface area contributed by atoms with E-state index in [4.69, 9.17) is 9.47 Å². The quantitative estimate of drug-likeness (QED) is 0.0232. The molecule has 0 saturated carbocycles. The molecule has 0 aromatic carbocycles. The van der Waals surface area contributed by atoms with Gasteiger partial charge in [-0.1, -0.05) is 231 Å². The third-order valence-corrected chi connectivity index (χ3v) is 13.2. The van der Waals surface area contributed by atoms with Gasteiger partial charge in [-0.3, -0.25) is 4.79 Å². The number of aliphatic hydroxyl groups excluding tert-OH is 6. The van der Waals surface area contributed by atoms with E-state index < -0.39 is 55.4 Å². The van der Waals surface area contributed by atoms with Gasteiger partial charge in [-0.15, -0.1) is 0 Å². The lowest BCUT2D eigenvalue weighted by Crippen LogP contribution is -2.58. The SMILES string of the molecule is CCCCCCCCCCCCCC[C@@H](O)[C@@H](O)[C@H](/C=C/[C@H]1OC(CO)[C@H](O)C(O)[C@@H]1O)NC(=O)CCCCCCCCCCCCCCCCCCCOCCCCCCCC. The molecule has 7 N–H and O–H groups in total. The Bertz CT molecular complexity index is 1010. The van der Waals surface area contributed by atoms with Gasteiger partial charge in [0.1, 0.15) is 36.6 Å².